The van der Waals surface area contributed by atoms with Crippen molar-refractivity contribution in [2.75, 3.05) is 11.6 Å². The second kappa shape index (κ2) is 9.49. The maximum atomic E-state index is 11.7. The molecular formula is C22H30N4O4S. The minimum Gasteiger partial charge on any atom is -0.378 e. The van der Waals surface area contributed by atoms with E-state index in [0.717, 1.165) is 22.7 Å². The third-order valence-corrected chi connectivity index (χ3v) is 5.00. The van der Waals surface area contributed by atoms with Gasteiger partial charge in [0, 0.05) is 18.4 Å². The first-order chi connectivity index (χ1) is 14.3. The van der Waals surface area contributed by atoms with Crippen LogP contribution in [0.4, 0.5) is 5.69 Å². The molecule has 3 rings (SSSR count). The van der Waals surface area contributed by atoms with E-state index in [1.807, 2.05) is 18.2 Å². The van der Waals surface area contributed by atoms with E-state index in [9.17, 15) is 13.2 Å². The van der Waals surface area contributed by atoms with E-state index < -0.39 is 16.0 Å². The Bertz CT molecular complexity index is 1210. The van der Waals surface area contributed by atoms with Gasteiger partial charge >= 0.3 is 0 Å². The van der Waals surface area contributed by atoms with Crippen molar-refractivity contribution < 1.29 is 17.8 Å². The lowest BCUT2D eigenvalue weighted by atomic mass is 9.94. The molecule has 1 aromatic carbocycles. The second-order valence-electron chi connectivity index (χ2n) is 7.87. The zero-order chi connectivity index (χ0) is 23.5. The number of hydrogen-bond donors (Lipinski definition) is 3. The van der Waals surface area contributed by atoms with Crippen LogP contribution in [-0.4, -0.2) is 34.5 Å². The average molecular weight is 447 g/mol. The lowest BCUT2D eigenvalue weighted by molar-refractivity contribution is 0.1000. The van der Waals surface area contributed by atoms with E-state index in [-0.39, 0.29) is 0 Å². The number of carbonyl (C=O) groups excluding carboxylic acids is 1. The van der Waals surface area contributed by atoms with Crippen molar-refractivity contribution in [1.29, 1.82) is 0 Å². The molecular weight excluding hydrogens is 416 g/mol. The highest BCUT2D eigenvalue weighted by molar-refractivity contribution is 7.85. The number of nitrogens with two attached hydrogens (primary N) is 1. The first-order valence-electron chi connectivity index (χ1n) is 9.83. The molecule has 0 aliphatic heterocycles. The average Bonchev–Trinajstić information content (AvgIpc) is 2.93. The first kappa shape index (κ1) is 24.4. The van der Waals surface area contributed by atoms with Crippen LogP contribution >= 0.6 is 0 Å². The number of hydrogen-bond acceptors (Lipinski definition) is 5. The van der Waals surface area contributed by atoms with Gasteiger partial charge < -0.3 is 15.5 Å². The van der Waals surface area contributed by atoms with E-state index in [2.05, 4.69) is 49.3 Å². The van der Waals surface area contributed by atoms with Gasteiger partial charge in [0.15, 0.2) is 5.65 Å². The molecule has 9 heteroatoms. The highest BCUT2D eigenvalue weighted by Crippen LogP contribution is 2.26. The summed E-state index contributed by atoms with van der Waals surface area (Å²) in [6.07, 6.45) is 2.47. The van der Waals surface area contributed by atoms with Gasteiger partial charge in [-0.1, -0.05) is 32.0 Å². The van der Waals surface area contributed by atoms with Gasteiger partial charge in [0.05, 0.1) is 23.2 Å². The number of imidazole rings is 1. The van der Waals surface area contributed by atoms with E-state index in [0.29, 0.717) is 24.3 Å². The number of nitrogens with one attached hydrogen (secondary N) is 1. The summed E-state index contributed by atoms with van der Waals surface area (Å²) in [7, 11) is -3.67. The quantitative estimate of drug-likeness (QED) is 0.514. The molecule has 0 bridgehead atoms. The largest absolute Gasteiger partial charge is 0.378 e. The topological polar surface area (TPSA) is 127 Å². The molecule has 168 valence electrons. The summed E-state index contributed by atoms with van der Waals surface area (Å²) in [5.74, 6) is -0.000879. The highest BCUT2D eigenvalue weighted by Gasteiger charge is 2.14. The fourth-order valence-electron chi connectivity index (χ4n) is 3.33. The second-order valence-corrected chi connectivity index (χ2v) is 9.33. The fourth-order valence-corrected chi connectivity index (χ4v) is 3.33. The molecule has 0 fully saturated rings. The molecule has 0 atom stereocenters. The van der Waals surface area contributed by atoms with Gasteiger partial charge in [-0.25, -0.2) is 4.98 Å². The van der Waals surface area contributed by atoms with Crippen molar-refractivity contribution in [1.82, 2.24) is 9.38 Å². The van der Waals surface area contributed by atoms with Crippen LogP contribution < -0.4 is 11.1 Å². The molecule has 0 aliphatic carbocycles. The molecule has 3 aromatic rings. The maximum Gasteiger partial charge on any atom is 0.261 e. The molecule has 0 aliphatic rings. The van der Waals surface area contributed by atoms with E-state index in [4.69, 9.17) is 10.3 Å². The van der Waals surface area contributed by atoms with Gasteiger partial charge in [-0.15, -0.1) is 0 Å². The van der Waals surface area contributed by atoms with Crippen LogP contribution in [0.3, 0.4) is 0 Å². The number of aromatic nitrogens is 2. The number of amides is 1. The van der Waals surface area contributed by atoms with Crippen LogP contribution in [0, 0.1) is 20.8 Å². The molecule has 2 heterocycles. The standard InChI is InChI=1S/C21H26N4O.CH4O3S/c1-12(2)17-8-6-7-13(3)18(17)10-23-19-9-16(20(22)26)11-25-15(5)14(4)24-21(19)25;1-5(2,3)4/h6-9,11-12,23H,10H2,1-5H3,(H2,22,26);1H3,(H,2,3,4). The van der Waals surface area contributed by atoms with Crippen molar-refractivity contribution in [2.45, 2.75) is 47.1 Å². The van der Waals surface area contributed by atoms with E-state index in [1.165, 1.54) is 16.7 Å². The predicted octanol–water partition coefficient (Wildman–Crippen LogP) is 3.60. The number of primary amides is 1. The predicted molar refractivity (Wildman–Crippen MR) is 123 cm³/mol. The minimum atomic E-state index is -3.67. The lowest BCUT2D eigenvalue weighted by Crippen LogP contribution is -2.14. The smallest absolute Gasteiger partial charge is 0.261 e. The Morgan fingerprint density at radius 1 is 1.26 bits per heavy atom. The molecule has 2 aromatic heterocycles. The maximum absolute atomic E-state index is 11.7. The van der Waals surface area contributed by atoms with Crippen molar-refractivity contribution in [3.8, 4) is 0 Å². The Morgan fingerprint density at radius 2 is 1.87 bits per heavy atom. The molecule has 4 N–H and O–H groups in total. The van der Waals surface area contributed by atoms with Gasteiger partial charge in [-0.05, 0) is 49.4 Å². The van der Waals surface area contributed by atoms with Crippen molar-refractivity contribution in [3.63, 3.8) is 0 Å². The first-order valence-corrected chi connectivity index (χ1v) is 11.7. The van der Waals surface area contributed by atoms with Crippen molar-refractivity contribution in [2.24, 2.45) is 5.73 Å². The summed E-state index contributed by atoms with van der Waals surface area (Å²) < 4.78 is 27.8. The van der Waals surface area contributed by atoms with E-state index >= 15 is 0 Å². The Morgan fingerprint density at radius 3 is 2.42 bits per heavy atom. The number of anilines is 1. The number of benzene rings is 1. The summed E-state index contributed by atoms with van der Waals surface area (Å²) in [4.78, 5) is 16.4. The summed E-state index contributed by atoms with van der Waals surface area (Å²) in [6, 6.07) is 8.19. The summed E-state index contributed by atoms with van der Waals surface area (Å²) in [5, 5.41) is 3.48. The number of nitrogens with zero attached hydrogens (tertiary/aromatic N) is 2. The van der Waals surface area contributed by atoms with Crippen LogP contribution in [0.15, 0.2) is 30.5 Å². The number of rotatable bonds is 5. The van der Waals surface area contributed by atoms with Crippen LogP contribution in [0.2, 0.25) is 0 Å². The van der Waals surface area contributed by atoms with Crippen LogP contribution in [0.5, 0.6) is 0 Å². The summed E-state index contributed by atoms with van der Waals surface area (Å²) in [5.41, 5.74) is 13.4. The summed E-state index contributed by atoms with van der Waals surface area (Å²) in [6.45, 7) is 11.2. The molecule has 0 spiro atoms. The molecule has 0 unspecified atom stereocenters. The minimum absolute atomic E-state index is 0.444. The number of fused-ring (bicyclic) bond motifs is 1. The molecule has 0 radical (unpaired) electrons. The van der Waals surface area contributed by atoms with Gasteiger partial charge in [0.2, 0.25) is 5.91 Å². The molecule has 31 heavy (non-hydrogen) atoms. The van der Waals surface area contributed by atoms with Crippen LogP contribution in [0.1, 0.15) is 58.2 Å². The van der Waals surface area contributed by atoms with Gasteiger partial charge in [-0.3, -0.25) is 9.35 Å². The highest BCUT2D eigenvalue weighted by atomic mass is 32.2. The van der Waals surface area contributed by atoms with Gasteiger partial charge in [0.1, 0.15) is 0 Å². The Labute approximate surface area is 183 Å². The normalized spacial score (nSPS) is 11.4. The molecule has 0 saturated carbocycles. The van der Waals surface area contributed by atoms with Crippen molar-refractivity contribution in [3.05, 3.63) is 64.1 Å². The third kappa shape index (κ3) is 6.28. The third-order valence-electron chi connectivity index (χ3n) is 5.00. The monoisotopic (exact) mass is 446 g/mol. The van der Waals surface area contributed by atoms with Gasteiger partial charge in [-0.2, -0.15) is 8.42 Å². The molecule has 1 amide bonds. The fraction of sp³-hybridized carbons (Fsp3) is 0.364. The Kier molecular flexibility index (Phi) is 7.45. The van der Waals surface area contributed by atoms with Gasteiger partial charge in [0.25, 0.3) is 10.1 Å². The van der Waals surface area contributed by atoms with Crippen LogP contribution in [0.25, 0.3) is 5.65 Å². The zero-order valence-electron chi connectivity index (χ0n) is 18.7. The van der Waals surface area contributed by atoms with E-state index in [1.54, 1.807) is 12.3 Å². The number of pyridine rings is 1. The summed E-state index contributed by atoms with van der Waals surface area (Å²) >= 11 is 0. The van der Waals surface area contributed by atoms with Crippen molar-refractivity contribution >= 4 is 27.4 Å². The zero-order valence-corrected chi connectivity index (χ0v) is 19.5. The Balaban J connectivity index is 0.000000614. The van der Waals surface area contributed by atoms with Crippen LogP contribution in [-0.2, 0) is 16.7 Å². The number of aryl methyl sites for hydroxylation is 3. The SMILES string of the molecule is CS(=O)(=O)O.Cc1cccc(C(C)C)c1CNc1cc(C(N)=O)cn2c(C)c(C)nc12. The molecule has 0 saturated heterocycles. The molecule has 8 nitrogen and oxygen atoms in total. The lowest BCUT2D eigenvalue weighted by Gasteiger charge is -2.17. The Hall–Kier alpha value is -2.91. The number of carbonyl (C=O) groups is 1.